The topological polar surface area (TPSA) is 49.4 Å². The molecule has 0 fully saturated rings. The first kappa shape index (κ1) is 18.9. The number of hydrogen-bond acceptors (Lipinski definition) is 2. The normalized spacial score (nSPS) is 15.1. The van der Waals surface area contributed by atoms with Crippen LogP contribution in [0.1, 0.15) is 34.0 Å². The molecule has 1 N–H and O–H groups in total. The van der Waals surface area contributed by atoms with Gasteiger partial charge in [0.2, 0.25) is 5.91 Å². The molecular weight excluding hydrogens is 360 g/mol. The maximum atomic E-state index is 13.2. The number of para-hydroxylation sites is 1. The molecule has 4 rings (SSSR count). The molecule has 3 aromatic carbocycles. The molecule has 1 aliphatic rings. The molecule has 146 valence electrons. The number of fused-ring (bicyclic) bond motifs is 1. The van der Waals surface area contributed by atoms with Crippen LogP contribution in [0.5, 0.6) is 0 Å². The summed E-state index contributed by atoms with van der Waals surface area (Å²) in [7, 11) is 0. The van der Waals surface area contributed by atoms with Gasteiger partial charge >= 0.3 is 0 Å². The van der Waals surface area contributed by atoms with Gasteiger partial charge in [-0.25, -0.2) is 0 Å². The lowest BCUT2D eigenvalue weighted by Crippen LogP contribution is -2.48. The van der Waals surface area contributed by atoms with Crippen LogP contribution in [0, 0.1) is 0 Å². The highest BCUT2D eigenvalue weighted by molar-refractivity contribution is 6.11. The number of nitrogens with one attached hydrogen (secondary N) is 1. The second-order valence-corrected chi connectivity index (χ2v) is 7.28. The van der Waals surface area contributed by atoms with Crippen molar-refractivity contribution in [2.45, 2.75) is 32.4 Å². The van der Waals surface area contributed by atoms with E-state index in [1.807, 2.05) is 54.6 Å². The third-order valence-electron chi connectivity index (χ3n) is 5.42. The molecule has 0 aliphatic carbocycles. The van der Waals surface area contributed by atoms with E-state index in [1.165, 1.54) is 5.56 Å². The molecule has 0 spiro atoms. The lowest BCUT2D eigenvalue weighted by atomic mass is 10.1. The SMILES string of the molecule is CCc1ccc(CNC(=O)[C@H]2Cc3ccccc3N2C(=O)c2ccccc2)cc1. The molecule has 0 saturated heterocycles. The van der Waals surface area contributed by atoms with Crippen LogP contribution < -0.4 is 10.2 Å². The summed E-state index contributed by atoms with van der Waals surface area (Å²) in [6, 6.07) is 24.6. The van der Waals surface area contributed by atoms with Crippen molar-refractivity contribution in [3.05, 3.63) is 101 Å². The van der Waals surface area contributed by atoms with E-state index in [-0.39, 0.29) is 11.8 Å². The highest BCUT2D eigenvalue weighted by Crippen LogP contribution is 2.33. The summed E-state index contributed by atoms with van der Waals surface area (Å²) in [6.45, 7) is 2.57. The monoisotopic (exact) mass is 384 g/mol. The van der Waals surface area contributed by atoms with Crippen LogP contribution in [-0.4, -0.2) is 17.9 Å². The molecule has 1 heterocycles. The summed E-state index contributed by atoms with van der Waals surface area (Å²) in [5, 5.41) is 3.02. The number of carbonyl (C=O) groups excluding carboxylic acids is 2. The van der Waals surface area contributed by atoms with E-state index in [0.29, 0.717) is 18.5 Å². The van der Waals surface area contributed by atoms with Crippen molar-refractivity contribution in [3.63, 3.8) is 0 Å². The molecule has 0 bridgehead atoms. The van der Waals surface area contributed by atoms with E-state index in [2.05, 4.69) is 24.4 Å². The summed E-state index contributed by atoms with van der Waals surface area (Å²) < 4.78 is 0. The Morgan fingerprint density at radius 2 is 1.55 bits per heavy atom. The fourth-order valence-corrected chi connectivity index (χ4v) is 3.77. The molecular formula is C25H24N2O2. The number of aryl methyl sites for hydroxylation is 1. The molecule has 1 aliphatic heterocycles. The number of hydrogen-bond donors (Lipinski definition) is 1. The van der Waals surface area contributed by atoms with E-state index >= 15 is 0 Å². The smallest absolute Gasteiger partial charge is 0.259 e. The van der Waals surface area contributed by atoms with Crippen molar-refractivity contribution in [1.82, 2.24) is 5.32 Å². The van der Waals surface area contributed by atoms with Gasteiger partial charge in [0.05, 0.1) is 0 Å². The maximum absolute atomic E-state index is 13.2. The van der Waals surface area contributed by atoms with Crippen LogP contribution in [0.25, 0.3) is 0 Å². The Kier molecular flexibility index (Phi) is 5.43. The van der Waals surface area contributed by atoms with Crippen LogP contribution >= 0.6 is 0 Å². The first-order valence-electron chi connectivity index (χ1n) is 9.99. The third-order valence-corrected chi connectivity index (χ3v) is 5.42. The Bertz CT molecular complexity index is 1010. The van der Waals surface area contributed by atoms with E-state index < -0.39 is 6.04 Å². The van der Waals surface area contributed by atoms with Crippen molar-refractivity contribution in [3.8, 4) is 0 Å². The number of carbonyl (C=O) groups is 2. The van der Waals surface area contributed by atoms with E-state index in [0.717, 1.165) is 23.2 Å². The first-order valence-corrected chi connectivity index (χ1v) is 9.99. The van der Waals surface area contributed by atoms with Crippen molar-refractivity contribution >= 4 is 17.5 Å². The molecule has 4 nitrogen and oxygen atoms in total. The van der Waals surface area contributed by atoms with Gasteiger partial charge in [-0.15, -0.1) is 0 Å². The van der Waals surface area contributed by atoms with Crippen molar-refractivity contribution in [2.24, 2.45) is 0 Å². The van der Waals surface area contributed by atoms with E-state index in [9.17, 15) is 9.59 Å². The molecule has 2 amide bonds. The first-order chi connectivity index (χ1) is 14.2. The Balaban J connectivity index is 1.54. The minimum absolute atomic E-state index is 0.134. The van der Waals surface area contributed by atoms with Crippen LogP contribution in [0.2, 0.25) is 0 Å². The van der Waals surface area contributed by atoms with Crippen molar-refractivity contribution in [2.75, 3.05) is 4.90 Å². The highest BCUT2D eigenvalue weighted by Gasteiger charge is 2.38. The van der Waals surface area contributed by atoms with Crippen LogP contribution in [0.15, 0.2) is 78.9 Å². The molecule has 0 unspecified atom stereocenters. The van der Waals surface area contributed by atoms with Gasteiger partial charge in [-0.1, -0.05) is 67.6 Å². The number of anilines is 1. The fourth-order valence-electron chi connectivity index (χ4n) is 3.77. The predicted molar refractivity (Wildman–Crippen MR) is 115 cm³/mol. The standard InChI is InChI=1S/C25H24N2O2/c1-2-18-12-14-19(15-13-18)17-26-24(28)23-16-21-10-6-7-11-22(21)27(23)25(29)20-8-4-3-5-9-20/h3-15,23H,2,16-17H2,1H3,(H,26,28)/t23-/m1/s1. The Hall–Kier alpha value is -3.40. The van der Waals surface area contributed by atoms with Gasteiger partial charge in [-0.2, -0.15) is 0 Å². The second-order valence-electron chi connectivity index (χ2n) is 7.28. The molecule has 0 radical (unpaired) electrons. The minimum Gasteiger partial charge on any atom is -0.350 e. The summed E-state index contributed by atoms with van der Waals surface area (Å²) in [4.78, 5) is 27.9. The summed E-state index contributed by atoms with van der Waals surface area (Å²) in [5.74, 6) is -0.284. The number of nitrogens with zero attached hydrogens (tertiary/aromatic N) is 1. The van der Waals surface area contributed by atoms with Gasteiger partial charge in [0, 0.05) is 24.2 Å². The third kappa shape index (κ3) is 3.92. The zero-order chi connectivity index (χ0) is 20.2. The summed E-state index contributed by atoms with van der Waals surface area (Å²) in [6.07, 6.45) is 1.51. The van der Waals surface area contributed by atoms with Gasteiger partial charge in [-0.05, 0) is 41.3 Å². The van der Waals surface area contributed by atoms with Crippen LogP contribution in [-0.2, 0) is 24.2 Å². The highest BCUT2D eigenvalue weighted by atomic mass is 16.2. The molecule has 1 atom stereocenters. The fraction of sp³-hybridized carbons (Fsp3) is 0.200. The summed E-state index contributed by atoms with van der Waals surface area (Å²) in [5.41, 5.74) is 4.73. The lowest BCUT2D eigenvalue weighted by molar-refractivity contribution is -0.122. The molecule has 29 heavy (non-hydrogen) atoms. The number of amides is 2. The van der Waals surface area contributed by atoms with Gasteiger partial charge in [-0.3, -0.25) is 14.5 Å². The quantitative estimate of drug-likeness (QED) is 0.719. The van der Waals surface area contributed by atoms with Crippen LogP contribution in [0.4, 0.5) is 5.69 Å². The largest absolute Gasteiger partial charge is 0.350 e. The van der Waals surface area contributed by atoms with Gasteiger partial charge in [0.15, 0.2) is 0 Å². The second kappa shape index (κ2) is 8.31. The zero-order valence-corrected chi connectivity index (χ0v) is 16.5. The maximum Gasteiger partial charge on any atom is 0.259 e. The zero-order valence-electron chi connectivity index (χ0n) is 16.5. The molecule has 0 aromatic heterocycles. The van der Waals surface area contributed by atoms with Gasteiger partial charge in [0.25, 0.3) is 5.91 Å². The molecule has 0 saturated carbocycles. The Morgan fingerprint density at radius 1 is 0.897 bits per heavy atom. The molecule has 4 heteroatoms. The predicted octanol–water partition coefficient (Wildman–Crippen LogP) is 4.14. The average Bonchev–Trinajstić information content (AvgIpc) is 3.17. The Labute approximate surface area is 171 Å². The Morgan fingerprint density at radius 3 is 2.28 bits per heavy atom. The average molecular weight is 384 g/mol. The lowest BCUT2D eigenvalue weighted by Gasteiger charge is -2.25. The van der Waals surface area contributed by atoms with Gasteiger partial charge in [0.1, 0.15) is 6.04 Å². The number of rotatable bonds is 5. The van der Waals surface area contributed by atoms with Crippen molar-refractivity contribution < 1.29 is 9.59 Å². The summed E-state index contributed by atoms with van der Waals surface area (Å²) >= 11 is 0. The van der Waals surface area contributed by atoms with Gasteiger partial charge < -0.3 is 5.32 Å². The number of benzene rings is 3. The minimum atomic E-state index is -0.546. The van der Waals surface area contributed by atoms with Crippen LogP contribution in [0.3, 0.4) is 0 Å². The van der Waals surface area contributed by atoms with E-state index in [1.54, 1.807) is 17.0 Å². The van der Waals surface area contributed by atoms with E-state index in [4.69, 9.17) is 0 Å². The molecule has 3 aromatic rings. The van der Waals surface area contributed by atoms with Crippen molar-refractivity contribution in [1.29, 1.82) is 0 Å².